The van der Waals surface area contributed by atoms with Crippen LogP contribution in [0.3, 0.4) is 0 Å². The molecule has 210 valence electrons. The van der Waals surface area contributed by atoms with Crippen molar-refractivity contribution < 1.29 is 33.3 Å². The van der Waals surface area contributed by atoms with Gasteiger partial charge >= 0.3 is 6.09 Å². The fraction of sp³-hybridized carbons (Fsp3) is 0.615. The third kappa shape index (κ3) is 6.84. The molecule has 1 aliphatic heterocycles. The second kappa shape index (κ2) is 13.1. The lowest BCUT2D eigenvalue weighted by atomic mass is 9.89. The molecule has 0 aliphatic carbocycles. The van der Waals surface area contributed by atoms with Gasteiger partial charge in [-0.15, -0.1) is 5.10 Å². The summed E-state index contributed by atoms with van der Waals surface area (Å²) in [5, 5.41) is 28.0. The number of methoxy groups -OCH3 is 1. The Kier molecular flexibility index (Phi) is 10.1. The minimum atomic E-state index is -1.13. The van der Waals surface area contributed by atoms with Crippen molar-refractivity contribution in [2.45, 2.75) is 58.6 Å². The highest BCUT2D eigenvalue weighted by atomic mass is 19.1. The topological polar surface area (TPSA) is 121 Å². The summed E-state index contributed by atoms with van der Waals surface area (Å²) in [6.45, 7) is 6.49. The van der Waals surface area contributed by atoms with Gasteiger partial charge in [0.1, 0.15) is 5.69 Å². The average molecular weight is 538 g/mol. The first-order valence-electron chi connectivity index (χ1n) is 12.9. The van der Waals surface area contributed by atoms with Crippen LogP contribution in [0.5, 0.6) is 0 Å². The van der Waals surface area contributed by atoms with Crippen LogP contribution in [-0.4, -0.2) is 92.5 Å². The summed E-state index contributed by atoms with van der Waals surface area (Å²) in [7, 11) is 1.57. The number of aliphatic hydroxyl groups is 1. The van der Waals surface area contributed by atoms with E-state index in [9.17, 15) is 28.6 Å². The molecule has 1 saturated heterocycles. The van der Waals surface area contributed by atoms with Crippen LogP contribution < -0.4 is 0 Å². The Morgan fingerprint density at radius 1 is 1.18 bits per heavy atom. The van der Waals surface area contributed by atoms with E-state index in [4.69, 9.17) is 4.74 Å². The van der Waals surface area contributed by atoms with Crippen molar-refractivity contribution in [1.82, 2.24) is 24.8 Å². The van der Waals surface area contributed by atoms with E-state index in [1.807, 2.05) is 13.8 Å². The van der Waals surface area contributed by atoms with E-state index in [2.05, 4.69) is 10.3 Å². The summed E-state index contributed by atoms with van der Waals surface area (Å²) in [4.78, 5) is 28.6. The Bertz CT molecular complexity index is 1090. The fourth-order valence-corrected chi connectivity index (χ4v) is 4.87. The van der Waals surface area contributed by atoms with Crippen molar-refractivity contribution in [3.05, 3.63) is 41.2 Å². The van der Waals surface area contributed by atoms with Gasteiger partial charge in [-0.3, -0.25) is 4.79 Å². The number of amides is 2. The van der Waals surface area contributed by atoms with Crippen molar-refractivity contribution in [2.24, 2.45) is 11.8 Å². The summed E-state index contributed by atoms with van der Waals surface area (Å²) >= 11 is 0. The molecule has 1 unspecified atom stereocenters. The highest BCUT2D eigenvalue weighted by Crippen LogP contribution is 2.28. The van der Waals surface area contributed by atoms with Gasteiger partial charge in [-0.2, -0.15) is 0 Å². The van der Waals surface area contributed by atoms with Gasteiger partial charge in [-0.1, -0.05) is 25.1 Å². The van der Waals surface area contributed by atoms with Gasteiger partial charge in [0.15, 0.2) is 17.3 Å². The zero-order chi connectivity index (χ0) is 28.0. The molecule has 10 nitrogen and oxygen atoms in total. The molecule has 12 heteroatoms. The minimum Gasteiger partial charge on any atom is -0.465 e. The molecule has 0 bridgehead atoms. The number of benzene rings is 1. The third-order valence-electron chi connectivity index (χ3n) is 6.80. The Morgan fingerprint density at radius 3 is 2.45 bits per heavy atom. The van der Waals surface area contributed by atoms with Crippen molar-refractivity contribution >= 4 is 12.0 Å². The van der Waals surface area contributed by atoms with Crippen LogP contribution in [0.1, 0.15) is 56.2 Å². The van der Waals surface area contributed by atoms with Gasteiger partial charge in [-0.25, -0.2) is 18.3 Å². The predicted molar refractivity (Wildman–Crippen MR) is 135 cm³/mol. The Balaban J connectivity index is 2.04. The highest BCUT2D eigenvalue weighted by Gasteiger charge is 2.39. The number of piperidine rings is 1. The highest BCUT2D eigenvalue weighted by molar-refractivity contribution is 5.93. The van der Waals surface area contributed by atoms with E-state index in [-0.39, 0.29) is 42.7 Å². The van der Waals surface area contributed by atoms with E-state index in [0.29, 0.717) is 32.4 Å². The number of rotatable bonds is 11. The number of unbranched alkanes of at least 4 members (excludes halogenated alkanes) is 1. The second-order valence-corrected chi connectivity index (χ2v) is 10.2. The molecule has 2 amide bonds. The van der Waals surface area contributed by atoms with Crippen LogP contribution in [-0.2, 0) is 11.2 Å². The van der Waals surface area contributed by atoms with Crippen LogP contribution in [0.4, 0.5) is 13.6 Å². The first-order valence-corrected chi connectivity index (χ1v) is 12.9. The van der Waals surface area contributed by atoms with Crippen LogP contribution in [0.2, 0.25) is 0 Å². The largest absolute Gasteiger partial charge is 0.465 e. The number of halogens is 2. The smallest absolute Gasteiger partial charge is 0.407 e. The zero-order valence-corrected chi connectivity index (χ0v) is 22.3. The van der Waals surface area contributed by atoms with Gasteiger partial charge in [-0.05, 0) is 50.7 Å². The number of carbonyl (C=O) groups is 2. The number of aliphatic hydroxyl groups excluding tert-OH is 1. The molecule has 1 aromatic heterocycles. The number of ether oxygens (including phenoxy) is 1. The summed E-state index contributed by atoms with van der Waals surface area (Å²) < 4.78 is 35.5. The van der Waals surface area contributed by atoms with Crippen molar-refractivity contribution in [3.8, 4) is 5.69 Å². The predicted octanol–water partition coefficient (Wildman–Crippen LogP) is 3.36. The van der Waals surface area contributed by atoms with E-state index < -0.39 is 41.5 Å². The van der Waals surface area contributed by atoms with Gasteiger partial charge < -0.3 is 24.7 Å². The molecule has 3 rings (SSSR count). The quantitative estimate of drug-likeness (QED) is 0.422. The van der Waals surface area contributed by atoms with E-state index in [1.165, 1.54) is 11.0 Å². The van der Waals surface area contributed by atoms with Crippen LogP contribution in [0.15, 0.2) is 18.2 Å². The molecule has 2 aromatic rings. The Hall–Kier alpha value is -3.12. The molecule has 3 atom stereocenters. The van der Waals surface area contributed by atoms with Gasteiger partial charge in [0, 0.05) is 39.3 Å². The average Bonchev–Trinajstić information content (AvgIpc) is 3.27. The molecule has 1 aromatic carbocycles. The standard InChI is InChI=1S/C26H37F2N5O5/c1-16(2)13-32(19-12-18(17(3)34)14-31(15-19)26(36)37)25(35)23-22(10-5-6-11-38-4)33(30-29-23)24-20(27)8-7-9-21(24)28/h7-9,16-19,34H,5-6,10-15H2,1-4H3,(H,36,37)/t17?,18-,19+/m1/s1. The molecule has 2 heterocycles. The lowest BCUT2D eigenvalue weighted by molar-refractivity contribution is 0.0135. The summed E-state index contributed by atoms with van der Waals surface area (Å²) in [6.07, 6.45) is -0.0182. The van der Waals surface area contributed by atoms with Gasteiger partial charge in [0.05, 0.1) is 17.8 Å². The number of carbonyl (C=O) groups excluding carboxylic acids is 1. The van der Waals surface area contributed by atoms with Crippen molar-refractivity contribution in [2.75, 3.05) is 33.4 Å². The molecule has 2 N–H and O–H groups in total. The lowest BCUT2D eigenvalue weighted by Crippen LogP contribution is -2.56. The Morgan fingerprint density at radius 2 is 1.87 bits per heavy atom. The number of nitrogens with zero attached hydrogens (tertiary/aromatic N) is 5. The molecular weight excluding hydrogens is 500 g/mol. The Labute approximate surface area is 221 Å². The summed E-state index contributed by atoms with van der Waals surface area (Å²) in [6, 6.07) is 2.95. The fourth-order valence-electron chi connectivity index (χ4n) is 4.87. The number of likely N-dealkylation sites (tertiary alicyclic amines) is 1. The van der Waals surface area contributed by atoms with Crippen LogP contribution >= 0.6 is 0 Å². The maximum Gasteiger partial charge on any atom is 0.407 e. The number of hydrogen-bond donors (Lipinski definition) is 2. The van der Waals surface area contributed by atoms with Gasteiger partial charge in [0.2, 0.25) is 0 Å². The van der Waals surface area contributed by atoms with E-state index in [0.717, 1.165) is 16.8 Å². The van der Waals surface area contributed by atoms with E-state index in [1.54, 1.807) is 18.9 Å². The molecule has 0 radical (unpaired) electrons. The first-order chi connectivity index (χ1) is 18.0. The number of hydrogen-bond acceptors (Lipinski definition) is 6. The maximum atomic E-state index is 14.7. The number of para-hydroxylation sites is 1. The van der Waals surface area contributed by atoms with Crippen LogP contribution in [0, 0.1) is 23.5 Å². The number of aromatic nitrogens is 3. The van der Waals surface area contributed by atoms with Crippen LogP contribution in [0.25, 0.3) is 5.69 Å². The molecule has 38 heavy (non-hydrogen) atoms. The molecule has 0 saturated carbocycles. The van der Waals surface area contributed by atoms with Gasteiger partial charge in [0.25, 0.3) is 5.91 Å². The third-order valence-corrected chi connectivity index (χ3v) is 6.80. The monoisotopic (exact) mass is 537 g/mol. The number of carboxylic acid groups (broad SMARTS) is 1. The normalized spacial score (nSPS) is 18.6. The first kappa shape index (κ1) is 29.4. The summed E-state index contributed by atoms with van der Waals surface area (Å²) in [5.74, 6) is -2.49. The SMILES string of the molecule is COCCCCc1c(C(=O)N(CC(C)C)[C@H]2C[C@@H](C(C)O)CN(C(=O)O)C2)nnn1-c1c(F)cccc1F. The molecule has 1 fully saturated rings. The lowest BCUT2D eigenvalue weighted by Gasteiger charge is -2.43. The van der Waals surface area contributed by atoms with E-state index >= 15 is 0 Å². The van der Waals surface area contributed by atoms with Crippen molar-refractivity contribution in [1.29, 1.82) is 0 Å². The van der Waals surface area contributed by atoms with Crippen molar-refractivity contribution in [3.63, 3.8) is 0 Å². The molecular formula is C26H37F2N5O5. The molecule has 1 aliphatic rings. The minimum absolute atomic E-state index is 0.0354. The second-order valence-electron chi connectivity index (χ2n) is 10.2. The zero-order valence-electron chi connectivity index (χ0n) is 22.3. The maximum absolute atomic E-state index is 14.7. The summed E-state index contributed by atoms with van der Waals surface area (Å²) in [5.41, 5.74) is -0.186. The molecule has 0 spiro atoms.